The van der Waals surface area contributed by atoms with Gasteiger partial charge in [-0.15, -0.1) is 0 Å². The lowest BCUT2D eigenvalue weighted by molar-refractivity contribution is 0.0472. The van der Waals surface area contributed by atoms with Gasteiger partial charge in [-0.1, -0.05) is 23.7 Å². The summed E-state index contributed by atoms with van der Waals surface area (Å²) in [5, 5.41) is -0.112. The zero-order chi connectivity index (χ0) is 14.7. The van der Waals surface area contributed by atoms with Crippen LogP contribution in [0, 0.1) is 11.6 Å². The minimum Gasteiger partial charge on any atom is -0.457 e. The number of esters is 1. The van der Waals surface area contributed by atoms with E-state index in [0.29, 0.717) is 5.56 Å². The molecule has 0 spiro atoms. The highest BCUT2D eigenvalue weighted by Crippen LogP contribution is 2.21. The van der Waals surface area contributed by atoms with Crippen LogP contribution >= 0.6 is 11.6 Å². The first-order valence-corrected chi connectivity index (χ1v) is 6.01. The molecule has 3 nitrogen and oxygen atoms in total. The molecule has 20 heavy (non-hydrogen) atoms. The van der Waals surface area contributed by atoms with Crippen molar-refractivity contribution in [2.45, 2.75) is 6.61 Å². The van der Waals surface area contributed by atoms with Gasteiger partial charge in [0.25, 0.3) is 0 Å². The number of benzene rings is 2. The van der Waals surface area contributed by atoms with E-state index in [1.165, 1.54) is 24.3 Å². The van der Waals surface area contributed by atoms with Crippen LogP contribution in [0.25, 0.3) is 0 Å². The summed E-state index contributed by atoms with van der Waals surface area (Å²) in [4.78, 5) is 11.7. The first-order chi connectivity index (χ1) is 9.47. The first-order valence-electron chi connectivity index (χ1n) is 5.63. The molecule has 6 heteroatoms. The minimum absolute atomic E-state index is 0.0185. The number of nitrogens with two attached hydrogens (primary N) is 1. The molecular weight excluding hydrogens is 288 g/mol. The lowest BCUT2D eigenvalue weighted by Gasteiger charge is -2.07. The van der Waals surface area contributed by atoms with Gasteiger partial charge in [-0.3, -0.25) is 0 Å². The molecule has 0 radical (unpaired) electrons. The first kappa shape index (κ1) is 14.3. The van der Waals surface area contributed by atoms with E-state index in [0.717, 1.165) is 12.1 Å². The molecule has 2 aromatic carbocycles. The van der Waals surface area contributed by atoms with E-state index in [9.17, 15) is 13.6 Å². The maximum atomic E-state index is 13.2. The fraction of sp³-hybridized carbons (Fsp3) is 0.0714. The second-order valence-electron chi connectivity index (χ2n) is 4.06. The highest BCUT2D eigenvalue weighted by molar-refractivity contribution is 6.31. The van der Waals surface area contributed by atoms with Gasteiger partial charge in [-0.2, -0.15) is 0 Å². The molecule has 2 aromatic rings. The number of anilines is 1. The predicted molar refractivity (Wildman–Crippen MR) is 71.3 cm³/mol. The molecule has 0 aromatic heterocycles. The summed E-state index contributed by atoms with van der Waals surface area (Å²) in [5.74, 6) is -2.01. The summed E-state index contributed by atoms with van der Waals surface area (Å²) >= 11 is 5.73. The van der Waals surface area contributed by atoms with Crippen LogP contribution in [0.4, 0.5) is 14.5 Å². The predicted octanol–water partition coefficient (Wildman–Crippen LogP) is 3.56. The summed E-state index contributed by atoms with van der Waals surface area (Å²) in [7, 11) is 0. The molecule has 0 fully saturated rings. The topological polar surface area (TPSA) is 52.3 Å². The Kier molecular flexibility index (Phi) is 4.20. The van der Waals surface area contributed by atoms with Gasteiger partial charge in [0.05, 0.1) is 10.6 Å². The van der Waals surface area contributed by atoms with E-state index < -0.39 is 17.6 Å². The SMILES string of the molecule is Nc1cc(F)cc(C(=O)OCc2cccc(F)c2Cl)c1. The second kappa shape index (κ2) is 5.88. The number of carbonyl (C=O) groups is 1. The summed E-state index contributed by atoms with van der Waals surface area (Å²) in [6, 6.07) is 7.55. The fourth-order valence-electron chi connectivity index (χ4n) is 1.62. The van der Waals surface area contributed by atoms with Crippen LogP contribution in [0.1, 0.15) is 15.9 Å². The van der Waals surface area contributed by atoms with Crippen LogP contribution in [0.5, 0.6) is 0 Å². The van der Waals surface area contributed by atoms with Gasteiger partial charge in [-0.25, -0.2) is 13.6 Å². The average molecular weight is 298 g/mol. The van der Waals surface area contributed by atoms with Crippen molar-refractivity contribution in [1.82, 2.24) is 0 Å². The molecule has 0 aliphatic heterocycles. The Bertz CT molecular complexity index is 641. The zero-order valence-electron chi connectivity index (χ0n) is 10.2. The molecule has 2 rings (SSSR count). The van der Waals surface area contributed by atoms with Crippen molar-refractivity contribution in [3.05, 3.63) is 64.2 Å². The summed E-state index contributed by atoms with van der Waals surface area (Å²) < 4.78 is 31.3. The lowest BCUT2D eigenvalue weighted by atomic mass is 10.2. The molecule has 0 saturated carbocycles. The van der Waals surface area contributed by atoms with E-state index in [1.54, 1.807) is 0 Å². The van der Waals surface area contributed by atoms with Crippen LogP contribution in [0.15, 0.2) is 36.4 Å². The highest BCUT2D eigenvalue weighted by atomic mass is 35.5. The van der Waals surface area contributed by atoms with E-state index in [-0.39, 0.29) is 22.9 Å². The highest BCUT2D eigenvalue weighted by Gasteiger charge is 2.12. The molecule has 0 aliphatic rings. The van der Waals surface area contributed by atoms with Gasteiger partial charge < -0.3 is 10.5 Å². The molecule has 0 bridgehead atoms. The van der Waals surface area contributed by atoms with Crippen LogP contribution < -0.4 is 5.73 Å². The normalized spacial score (nSPS) is 10.3. The third-order valence-electron chi connectivity index (χ3n) is 2.55. The number of nitrogen functional groups attached to an aromatic ring is 1. The standard InChI is InChI=1S/C14H10ClF2NO2/c15-13-8(2-1-3-12(13)17)7-20-14(19)9-4-10(16)6-11(18)5-9/h1-6H,7,18H2. The Morgan fingerprint density at radius 3 is 2.70 bits per heavy atom. The number of carbonyl (C=O) groups excluding carboxylic acids is 1. The van der Waals surface area contributed by atoms with Gasteiger partial charge in [0.1, 0.15) is 18.2 Å². The third-order valence-corrected chi connectivity index (χ3v) is 2.97. The lowest BCUT2D eigenvalue weighted by Crippen LogP contribution is -2.07. The Balaban J connectivity index is 2.10. The van der Waals surface area contributed by atoms with Gasteiger partial charge >= 0.3 is 5.97 Å². The van der Waals surface area contributed by atoms with Gasteiger partial charge in [-0.05, 0) is 24.3 Å². The Labute approximate surface area is 118 Å². The van der Waals surface area contributed by atoms with Crippen molar-refractivity contribution in [2.24, 2.45) is 0 Å². The number of halogens is 3. The molecule has 0 saturated heterocycles. The molecule has 0 unspecified atom stereocenters. The minimum atomic E-state index is -0.767. The van der Waals surface area contributed by atoms with E-state index >= 15 is 0 Å². The van der Waals surface area contributed by atoms with Crippen molar-refractivity contribution in [1.29, 1.82) is 0 Å². The van der Waals surface area contributed by atoms with Crippen LogP contribution in [0.2, 0.25) is 5.02 Å². The molecule has 0 aliphatic carbocycles. The molecule has 2 N–H and O–H groups in total. The average Bonchev–Trinajstić information content (AvgIpc) is 2.39. The van der Waals surface area contributed by atoms with E-state index in [1.807, 2.05) is 0 Å². The maximum absolute atomic E-state index is 13.2. The van der Waals surface area contributed by atoms with Crippen LogP contribution in [-0.2, 0) is 11.3 Å². The molecule has 0 heterocycles. The quantitative estimate of drug-likeness (QED) is 0.696. The second-order valence-corrected chi connectivity index (χ2v) is 4.44. The zero-order valence-corrected chi connectivity index (χ0v) is 11.0. The van der Waals surface area contributed by atoms with Crippen molar-refractivity contribution in [3.8, 4) is 0 Å². The van der Waals surface area contributed by atoms with Crippen LogP contribution in [0.3, 0.4) is 0 Å². The molecule has 0 amide bonds. The largest absolute Gasteiger partial charge is 0.457 e. The number of hydrogen-bond acceptors (Lipinski definition) is 3. The van der Waals surface area contributed by atoms with Gasteiger partial charge in [0, 0.05) is 11.3 Å². The summed E-state index contributed by atoms with van der Waals surface area (Å²) in [6.07, 6.45) is 0. The fourth-order valence-corrected chi connectivity index (χ4v) is 1.80. The Morgan fingerprint density at radius 2 is 2.00 bits per heavy atom. The van der Waals surface area contributed by atoms with Crippen molar-refractivity contribution >= 4 is 23.3 Å². The summed E-state index contributed by atoms with van der Waals surface area (Å²) in [5.41, 5.74) is 5.85. The molecule has 104 valence electrons. The van der Waals surface area contributed by atoms with E-state index in [2.05, 4.69) is 0 Å². The van der Waals surface area contributed by atoms with Gasteiger partial charge in [0.15, 0.2) is 0 Å². The third kappa shape index (κ3) is 3.24. The van der Waals surface area contributed by atoms with E-state index in [4.69, 9.17) is 22.1 Å². The van der Waals surface area contributed by atoms with Crippen LogP contribution in [-0.4, -0.2) is 5.97 Å². The maximum Gasteiger partial charge on any atom is 0.338 e. The molecule has 0 atom stereocenters. The summed E-state index contributed by atoms with van der Waals surface area (Å²) in [6.45, 7) is -0.216. The van der Waals surface area contributed by atoms with Crippen molar-refractivity contribution in [3.63, 3.8) is 0 Å². The molecular formula is C14H10ClF2NO2. The number of rotatable bonds is 3. The smallest absolute Gasteiger partial charge is 0.338 e. The Morgan fingerprint density at radius 1 is 1.25 bits per heavy atom. The monoisotopic (exact) mass is 297 g/mol. The number of hydrogen-bond donors (Lipinski definition) is 1. The number of ether oxygens (including phenoxy) is 1. The Hall–Kier alpha value is -2.14. The van der Waals surface area contributed by atoms with Crippen molar-refractivity contribution < 1.29 is 18.3 Å². The van der Waals surface area contributed by atoms with Gasteiger partial charge in [0.2, 0.25) is 0 Å². The van der Waals surface area contributed by atoms with Crippen molar-refractivity contribution in [2.75, 3.05) is 5.73 Å².